The smallest absolute Gasteiger partial charge is 0.194 e. The molecule has 1 aliphatic rings. The second-order valence-electron chi connectivity index (χ2n) is 6.76. The minimum absolute atomic E-state index is 0.563. The van der Waals surface area contributed by atoms with Crippen LogP contribution in [0, 0.1) is 29.3 Å². The number of hydrogen-bond donors (Lipinski definition) is 0. The van der Waals surface area contributed by atoms with Gasteiger partial charge in [0.1, 0.15) is 0 Å². The summed E-state index contributed by atoms with van der Waals surface area (Å²) in [7, 11) is 0. The van der Waals surface area contributed by atoms with Gasteiger partial charge in [0.2, 0.25) is 0 Å². The molecule has 1 fully saturated rings. The van der Waals surface area contributed by atoms with Gasteiger partial charge in [0.25, 0.3) is 0 Å². The molecule has 1 aromatic carbocycles. The van der Waals surface area contributed by atoms with Gasteiger partial charge in [-0.05, 0) is 61.6 Å². The van der Waals surface area contributed by atoms with Crippen molar-refractivity contribution in [2.45, 2.75) is 64.7 Å². The van der Waals surface area contributed by atoms with Crippen molar-refractivity contribution >= 4 is 0 Å². The van der Waals surface area contributed by atoms with Crippen LogP contribution in [0.1, 0.15) is 63.9 Å². The van der Waals surface area contributed by atoms with Crippen LogP contribution in [0.2, 0.25) is 0 Å². The van der Waals surface area contributed by atoms with Gasteiger partial charge >= 0.3 is 0 Å². The van der Waals surface area contributed by atoms with Gasteiger partial charge in [0.05, 0.1) is 0 Å². The lowest BCUT2D eigenvalue weighted by Crippen LogP contribution is -2.15. The number of halogens is 3. The van der Waals surface area contributed by atoms with Gasteiger partial charge in [0, 0.05) is 0 Å². The summed E-state index contributed by atoms with van der Waals surface area (Å²) in [6.45, 7) is 2.15. The average molecular weight is 324 g/mol. The van der Waals surface area contributed by atoms with Crippen LogP contribution in [0.5, 0.6) is 0 Å². The first-order valence-corrected chi connectivity index (χ1v) is 8.88. The Morgan fingerprint density at radius 3 is 2.04 bits per heavy atom. The number of hydrogen-bond acceptors (Lipinski definition) is 0. The van der Waals surface area contributed by atoms with Crippen LogP contribution in [0.15, 0.2) is 24.3 Å². The molecule has 0 unspecified atom stereocenters. The molecule has 0 amide bonds. The first-order valence-electron chi connectivity index (χ1n) is 8.88. The Bertz CT molecular complexity index is 491. The van der Waals surface area contributed by atoms with Crippen molar-refractivity contribution in [1.82, 2.24) is 0 Å². The summed E-state index contributed by atoms with van der Waals surface area (Å²) in [6.07, 6.45) is 14.6. The second kappa shape index (κ2) is 9.14. The fourth-order valence-corrected chi connectivity index (χ4v) is 3.55. The van der Waals surface area contributed by atoms with E-state index in [0.29, 0.717) is 17.9 Å². The second-order valence-corrected chi connectivity index (χ2v) is 6.76. The van der Waals surface area contributed by atoms with Crippen molar-refractivity contribution in [2.24, 2.45) is 11.8 Å². The van der Waals surface area contributed by atoms with Crippen molar-refractivity contribution in [3.8, 4) is 0 Å². The molecule has 0 aliphatic heterocycles. The molecule has 23 heavy (non-hydrogen) atoms. The predicted octanol–water partition coefficient (Wildman–Crippen LogP) is 6.59. The van der Waals surface area contributed by atoms with Crippen LogP contribution in [0.4, 0.5) is 13.2 Å². The number of rotatable bonds is 7. The minimum atomic E-state index is -1.37. The summed E-state index contributed by atoms with van der Waals surface area (Å²) in [5.74, 6) is -2.07. The van der Waals surface area contributed by atoms with E-state index in [0.717, 1.165) is 30.9 Å². The Hall–Kier alpha value is -1.25. The van der Waals surface area contributed by atoms with Gasteiger partial charge in [0.15, 0.2) is 17.5 Å². The van der Waals surface area contributed by atoms with Gasteiger partial charge in [-0.15, -0.1) is 0 Å². The van der Waals surface area contributed by atoms with Crippen LogP contribution in [0.3, 0.4) is 0 Å². The quantitative estimate of drug-likeness (QED) is 0.392. The largest absolute Gasteiger partial charge is 0.204 e. The van der Waals surface area contributed by atoms with E-state index >= 15 is 0 Å². The zero-order chi connectivity index (χ0) is 16.7. The molecule has 0 atom stereocenters. The van der Waals surface area contributed by atoms with E-state index in [1.54, 1.807) is 0 Å². The molecular weight excluding hydrogens is 297 g/mol. The third kappa shape index (κ3) is 5.71. The number of allylic oxidation sites excluding steroid dienone is 2. The topological polar surface area (TPSA) is 0 Å². The van der Waals surface area contributed by atoms with E-state index in [4.69, 9.17) is 0 Å². The molecule has 128 valence electrons. The summed E-state index contributed by atoms with van der Waals surface area (Å²) >= 11 is 0. The Morgan fingerprint density at radius 2 is 1.48 bits per heavy atom. The van der Waals surface area contributed by atoms with Crippen molar-refractivity contribution in [1.29, 1.82) is 0 Å². The van der Waals surface area contributed by atoms with Crippen LogP contribution in [-0.4, -0.2) is 0 Å². The summed E-state index contributed by atoms with van der Waals surface area (Å²) < 4.78 is 39.4. The molecule has 0 aromatic heterocycles. The van der Waals surface area contributed by atoms with Crippen molar-refractivity contribution in [2.75, 3.05) is 0 Å². The van der Waals surface area contributed by atoms with Gasteiger partial charge in [-0.2, -0.15) is 0 Å². The van der Waals surface area contributed by atoms with Crippen LogP contribution in [-0.2, 0) is 6.42 Å². The molecule has 2 rings (SSSR count). The molecule has 1 aliphatic carbocycles. The fourth-order valence-electron chi connectivity index (χ4n) is 3.55. The highest BCUT2D eigenvalue weighted by Crippen LogP contribution is 2.34. The average Bonchev–Trinajstić information content (AvgIpc) is 2.55. The van der Waals surface area contributed by atoms with Crippen molar-refractivity contribution in [3.05, 3.63) is 47.3 Å². The Kier molecular flexibility index (Phi) is 7.19. The van der Waals surface area contributed by atoms with E-state index in [1.807, 2.05) is 0 Å². The zero-order valence-corrected chi connectivity index (χ0v) is 14.0. The molecule has 1 saturated carbocycles. The molecular formula is C20H27F3. The van der Waals surface area contributed by atoms with E-state index in [1.165, 1.54) is 38.5 Å². The van der Waals surface area contributed by atoms with Crippen LogP contribution in [0.25, 0.3) is 0 Å². The van der Waals surface area contributed by atoms with E-state index < -0.39 is 17.5 Å². The van der Waals surface area contributed by atoms with Gasteiger partial charge < -0.3 is 0 Å². The van der Waals surface area contributed by atoms with Crippen LogP contribution >= 0.6 is 0 Å². The lowest BCUT2D eigenvalue weighted by atomic mass is 9.78. The Morgan fingerprint density at radius 1 is 0.913 bits per heavy atom. The van der Waals surface area contributed by atoms with E-state index in [9.17, 15) is 13.2 Å². The molecule has 0 spiro atoms. The Balaban J connectivity index is 1.71. The van der Waals surface area contributed by atoms with Crippen molar-refractivity contribution in [3.63, 3.8) is 0 Å². The summed E-state index contributed by atoms with van der Waals surface area (Å²) in [5, 5.41) is 0. The molecule has 0 N–H and O–H groups in total. The summed E-state index contributed by atoms with van der Waals surface area (Å²) in [4.78, 5) is 0. The molecule has 1 aromatic rings. The zero-order valence-electron chi connectivity index (χ0n) is 14.0. The third-order valence-corrected chi connectivity index (χ3v) is 5.00. The highest BCUT2D eigenvalue weighted by Gasteiger charge is 2.21. The normalized spacial score (nSPS) is 21.9. The molecule has 0 bridgehead atoms. The predicted molar refractivity (Wildman–Crippen MR) is 88.8 cm³/mol. The SMILES string of the molecule is CCC=CCCC1CCC(CCc2cc(F)c(F)c(F)c2)CC1. The fraction of sp³-hybridized carbons (Fsp3) is 0.600. The minimum Gasteiger partial charge on any atom is -0.204 e. The van der Waals surface area contributed by atoms with E-state index in [2.05, 4.69) is 19.1 Å². The molecule has 0 saturated heterocycles. The number of aryl methyl sites for hydroxylation is 1. The van der Waals surface area contributed by atoms with E-state index in [-0.39, 0.29) is 0 Å². The monoisotopic (exact) mass is 324 g/mol. The summed E-state index contributed by atoms with van der Waals surface area (Å²) in [5.41, 5.74) is 0.563. The maximum absolute atomic E-state index is 13.2. The highest BCUT2D eigenvalue weighted by atomic mass is 19.2. The van der Waals surface area contributed by atoms with Gasteiger partial charge in [-0.1, -0.05) is 44.8 Å². The lowest BCUT2D eigenvalue weighted by Gasteiger charge is -2.28. The van der Waals surface area contributed by atoms with Gasteiger partial charge in [-0.3, -0.25) is 0 Å². The Labute approximate surface area is 137 Å². The first kappa shape index (κ1) is 18.1. The first-order chi connectivity index (χ1) is 11.1. The standard InChI is InChI=1S/C20H27F3/c1-2-3-4-5-6-15-7-9-16(10-8-15)11-12-17-13-18(21)20(23)19(22)14-17/h3-4,13-16H,2,5-12H2,1H3. The van der Waals surface area contributed by atoms with Crippen LogP contribution < -0.4 is 0 Å². The molecule has 0 radical (unpaired) electrons. The summed E-state index contributed by atoms with van der Waals surface area (Å²) in [6, 6.07) is 2.26. The number of benzene rings is 1. The third-order valence-electron chi connectivity index (χ3n) is 5.00. The maximum Gasteiger partial charge on any atom is 0.194 e. The molecule has 3 heteroatoms. The lowest BCUT2D eigenvalue weighted by molar-refractivity contribution is 0.254. The van der Waals surface area contributed by atoms with Crippen molar-refractivity contribution < 1.29 is 13.2 Å². The molecule has 0 nitrogen and oxygen atoms in total. The maximum atomic E-state index is 13.2. The highest BCUT2D eigenvalue weighted by molar-refractivity contribution is 5.19. The van der Waals surface area contributed by atoms with Gasteiger partial charge in [-0.25, -0.2) is 13.2 Å². The molecule has 0 heterocycles.